The number of aromatic nitrogens is 2. The Morgan fingerprint density at radius 3 is 2.70 bits per heavy atom. The zero-order chi connectivity index (χ0) is 18.5. The van der Waals surface area contributed by atoms with Crippen molar-refractivity contribution in [3.63, 3.8) is 0 Å². The summed E-state index contributed by atoms with van der Waals surface area (Å²) in [5.41, 5.74) is 3.61. The van der Waals surface area contributed by atoms with Gasteiger partial charge < -0.3 is 19.5 Å². The number of hydrogen-bond donors (Lipinski definition) is 1. The fraction of sp³-hybridized carbons (Fsp3) is 0.238. The molecule has 1 saturated heterocycles. The highest BCUT2D eigenvalue weighted by atomic mass is 16.7. The standard InChI is InChI=1S/C21H21N3O3/c1-25-19-9-3-2-8-17(19)18-13-20(23-14-22-18)24-16-7-4-6-15(12-16)21-26-10-5-11-27-21/h2-4,6-9,12-14,21H,5,10-11H2,1H3,(H,22,23,24). The zero-order valence-electron chi connectivity index (χ0n) is 15.1. The van der Waals surface area contributed by atoms with E-state index in [1.807, 2.05) is 54.6 Å². The van der Waals surface area contributed by atoms with E-state index in [2.05, 4.69) is 15.3 Å². The van der Waals surface area contributed by atoms with Crippen molar-refractivity contribution < 1.29 is 14.2 Å². The number of nitrogens with zero attached hydrogens (tertiary/aromatic N) is 2. The highest BCUT2D eigenvalue weighted by molar-refractivity contribution is 5.70. The number of benzene rings is 2. The average Bonchev–Trinajstić information content (AvgIpc) is 2.75. The van der Waals surface area contributed by atoms with Gasteiger partial charge in [0.2, 0.25) is 0 Å². The zero-order valence-corrected chi connectivity index (χ0v) is 15.1. The Morgan fingerprint density at radius 1 is 1.00 bits per heavy atom. The van der Waals surface area contributed by atoms with Crippen molar-refractivity contribution in [1.82, 2.24) is 9.97 Å². The maximum Gasteiger partial charge on any atom is 0.183 e. The van der Waals surface area contributed by atoms with E-state index in [9.17, 15) is 0 Å². The number of para-hydroxylation sites is 1. The molecular weight excluding hydrogens is 342 g/mol. The van der Waals surface area contributed by atoms with Crippen LogP contribution in [0.1, 0.15) is 18.3 Å². The Morgan fingerprint density at radius 2 is 1.85 bits per heavy atom. The van der Waals surface area contributed by atoms with Crippen molar-refractivity contribution in [2.75, 3.05) is 25.6 Å². The summed E-state index contributed by atoms with van der Waals surface area (Å²) < 4.78 is 16.8. The van der Waals surface area contributed by atoms with E-state index in [0.29, 0.717) is 5.82 Å². The smallest absolute Gasteiger partial charge is 0.183 e. The maximum atomic E-state index is 5.68. The summed E-state index contributed by atoms with van der Waals surface area (Å²) in [6.07, 6.45) is 2.16. The number of methoxy groups -OCH3 is 1. The topological polar surface area (TPSA) is 65.5 Å². The molecule has 0 spiro atoms. The number of anilines is 2. The highest BCUT2D eigenvalue weighted by Gasteiger charge is 2.16. The molecule has 2 heterocycles. The van der Waals surface area contributed by atoms with Gasteiger partial charge in [0.25, 0.3) is 0 Å². The molecular formula is C21H21N3O3. The van der Waals surface area contributed by atoms with Gasteiger partial charge in [0, 0.05) is 22.9 Å². The molecule has 27 heavy (non-hydrogen) atoms. The number of rotatable bonds is 5. The van der Waals surface area contributed by atoms with Crippen LogP contribution in [-0.4, -0.2) is 30.3 Å². The summed E-state index contributed by atoms with van der Waals surface area (Å²) in [6, 6.07) is 17.7. The van der Waals surface area contributed by atoms with Crippen LogP contribution in [0.5, 0.6) is 5.75 Å². The SMILES string of the molecule is COc1ccccc1-c1cc(Nc2cccc(C3OCCCO3)c2)ncn1. The summed E-state index contributed by atoms with van der Waals surface area (Å²) in [6.45, 7) is 1.44. The first-order chi connectivity index (χ1) is 13.3. The highest BCUT2D eigenvalue weighted by Crippen LogP contribution is 2.30. The van der Waals surface area contributed by atoms with Crippen molar-refractivity contribution in [2.45, 2.75) is 12.7 Å². The van der Waals surface area contributed by atoms with Crippen LogP contribution in [0.2, 0.25) is 0 Å². The van der Waals surface area contributed by atoms with Crippen molar-refractivity contribution in [1.29, 1.82) is 0 Å². The quantitative estimate of drug-likeness (QED) is 0.728. The second kappa shape index (κ2) is 8.16. The molecule has 138 valence electrons. The molecule has 1 aromatic heterocycles. The van der Waals surface area contributed by atoms with Crippen LogP contribution in [0.3, 0.4) is 0 Å². The molecule has 0 saturated carbocycles. The van der Waals surface area contributed by atoms with E-state index in [-0.39, 0.29) is 6.29 Å². The third-order valence-corrected chi connectivity index (χ3v) is 4.31. The lowest BCUT2D eigenvalue weighted by atomic mass is 10.1. The first-order valence-electron chi connectivity index (χ1n) is 8.89. The Labute approximate surface area is 158 Å². The van der Waals surface area contributed by atoms with Gasteiger partial charge in [0.15, 0.2) is 6.29 Å². The normalized spacial score (nSPS) is 14.7. The van der Waals surface area contributed by atoms with Gasteiger partial charge in [-0.15, -0.1) is 0 Å². The summed E-state index contributed by atoms with van der Waals surface area (Å²) >= 11 is 0. The van der Waals surface area contributed by atoms with E-state index in [0.717, 1.165) is 47.9 Å². The Hall–Kier alpha value is -2.96. The van der Waals surface area contributed by atoms with Crippen LogP contribution in [0, 0.1) is 0 Å². The number of nitrogens with one attached hydrogen (secondary N) is 1. The third kappa shape index (κ3) is 4.07. The van der Waals surface area contributed by atoms with Gasteiger partial charge in [-0.2, -0.15) is 0 Å². The molecule has 0 atom stereocenters. The third-order valence-electron chi connectivity index (χ3n) is 4.31. The Bertz CT molecular complexity index is 910. The van der Waals surface area contributed by atoms with Crippen LogP contribution in [0.4, 0.5) is 11.5 Å². The minimum atomic E-state index is -0.310. The molecule has 2 aromatic carbocycles. The minimum Gasteiger partial charge on any atom is -0.496 e. The molecule has 0 radical (unpaired) electrons. The molecule has 1 fully saturated rings. The predicted octanol–water partition coefficient (Wildman–Crippen LogP) is 4.33. The molecule has 4 rings (SSSR count). The fourth-order valence-electron chi connectivity index (χ4n) is 3.02. The van der Waals surface area contributed by atoms with E-state index >= 15 is 0 Å². The minimum absolute atomic E-state index is 0.310. The first-order valence-corrected chi connectivity index (χ1v) is 8.89. The molecule has 6 heteroatoms. The lowest BCUT2D eigenvalue weighted by Crippen LogP contribution is -2.17. The lowest BCUT2D eigenvalue weighted by molar-refractivity contribution is -0.183. The number of hydrogen-bond acceptors (Lipinski definition) is 6. The summed E-state index contributed by atoms with van der Waals surface area (Å²) in [4.78, 5) is 8.71. The molecule has 3 aromatic rings. The van der Waals surface area contributed by atoms with Crippen molar-refractivity contribution in [3.8, 4) is 17.0 Å². The monoisotopic (exact) mass is 363 g/mol. The van der Waals surface area contributed by atoms with E-state index in [1.54, 1.807) is 13.4 Å². The lowest BCUT2D eigenvalue weighted by Gasteiger charge is -2.23. The van der Waals surface area contributed by atoms with E-state index < -0.39 is 0 Å². The van der Waals surface area contributed by atoms with Crippen molar-refractivity contribution in [2.24, 2.45) is 0 Å². The van der Waals surface area contributed by atoms with Crippen LogP contribution >= 0.6 is 0 Å². The van der Waals surface area contributed by atoms with Gasteiger partial charge >= 0.3 is 0 Å². The molecule has 0 unspecified atom stereocenters. The summed E-state index contributed by atoms with van der Waals surface area (Å²) in [5, 5.41) is 3.33. The molecule has 1 N–H and O–H groups in total. The average molecular weight is 363 g/mol. The predicted molar refractivity (Wildman–Crippen MR) is 103 cm³/mol. The van der Waals surface area contributed by atoms with Crippen LogP contribution in [0.25, 0.3) is 11.3 Å². The number of ether oxygens (including phenoxy) is 3. The fourth-order valence-corrected chi connectivity index (χ4v) is 3.02. The molecule has 0 aliphatic carbocycles. The maximum absolute atomic E-state index is 5.68. The van der Waals surface area contributed by atoms with Gasteiger partial charge in [-0.25, -0.2) is 9.97 Å². The van der Waals surface area contributed by atoms with E-state index in [1.165, 1.54) is 0 Å². The van der Waals surface area contributed by atoms with Gasteiger partial charge in [0.1, 0.15) is 17.9 Å². The molecule has 0 bridgehead atoms. The van der Waals surface area contributed by atoms with Gasteiger partial charge in [-0.3, -0.25) is 0 Å². The molecule has 1 aliphatic heterocycles. The van der Waals surface area contributed by atoms with E-state index in [4.69, 9.17) is 14.2 Å². The Balaban J connectivity index is 1.57. The summed E-state index contributed by atoms with van der Waals surface area (Å²) in [7, 11) is 1.65. The molecule has 0 amide bonds. The summed E-state index contributed by atoms with van der Waals surface area (Å²) in [5.74, 6) is 1.48. The van der Waals surface area contributed by atoms with Gasteiger partial charge in [0.05, 0.1) is 26.0 Å². The largest absolute Gasteiger partial charge is 0.496 e. The van der Waals surface area contributed by atoms with Gasteiger partial charge in [-0.05, 0) is 30.7 Å². The second-order valence-corrected chi connectivity index (χ2v) is 6.17. The molecule has 6 nitrogen and oxygen atoms in total. The van der Waals surface area contributed by atoms with Crippen LogP contribution < -0.4 is 10.1 Å². The van der Waals surface area contributed by atoms with Crippen molar-refractivity contribution in [3.05, 3.63) is 66.5 Å². The van der Waals surface area contributed by atoms with Crippen LogP contribution in [0.15, 0.2) is 60.9 Å². The first kappa shape index (κ1) is 17.5. The molecule has 1 aliphatic rings. The Kier molecular flexibility index (Phi) is 5.27. The van der Waals surface area contributed by atoms with Gasteiger partial charge in [-0.1, -0.05) is 24.3 Å². The van der Waals surface area contributed by atoms with Crippen LogP contribution in [-0.2, 0) is 9.47 Å². The van der Waals surface area contributed by atoms with Crippen molar-refractivity contribution >= 4 is 11.5 Å². The second-order valence-electron chi connectivity index (χ2n) is 6.17.